The summed E-state index contributed by atoms with van der Waals surface area (Å²) in [6.07, 6.45) is 3.82. The Labute approximate surface area is 62.2 Å². The van der Waals surface area contributed by atoms with E-state index in [0.29, 0.717) is 0 Å². The Kier molecular flexibility index (Phi) is 3.44. The van der Waals surface area contributed by atoms with E-state index in [1.165, 1.54) is 19.3 Å². The largest absolute Gasteiger partial charge is 0.381 e. The third-order valence-electron chi connectivity index (χ3n) is 1.79. The first kappa shape index (κ1) is 7.42. The zero-order valence-electron chi connectivity index (χ0n) is 5.68. The van der Waals surface area contributed by atoms with Gasteiger partial charge in [0, 0.05) is 13.2 Å². The molecule has 1 unspecified atom stereocenters. The van der Waals surface area contributed by atoms with E-state index in [-0.39, 0.29) is 0 Å². The maximum atomic E-state index is 5.30. The van der Waals surface area contributed by atoms with Crippen molar-refractivity contribution in [3.8, 4) is 0 Å². The van der Waals surface area contributed by atoms with Crippen molar-refractivity contribution in [3.63, 3.8) is 0 Å². The SMILES string of the molecule is SCCC1CCCOC1. The van der Waals surface area contributed by atoms with E-state index in [0.717, 1.165) is 24.9 Å². The van der Waals surface area contributed by atoms with Crippen LogP contribution < -0.4 is 0 Å². The van der Waals surface area contributed by atoms with E-state index in [4.69, 9.17) is 4.74 Å². The van der Waals surface area contributed by atoms with Crippen LogP contribution in [0.2, 0.25) is 0 Å². The molecule has 0 aromatic heterocycles. The summed E-state index contributed by atoms with van der Waals surface area (Å²) in [7, 11) is 0. The van der Waals surface area contributed by atoms with Gasteiger partial charge in [0.1, 0.15) is 0 Å². The van der Waals surface area contributed by atoms with Gasteiger partial charge in [-0.15, -0.1) is 0 Å². The van der Waals surface area contributed by atoms with E-state index in [2.05, 4.69) is 12.6 Å². The lowest BCUT2D eigenvalue weighted by atomic mass is 10.00. The third-order valence-corrected chi connectivity index (χ3v) is 2.05. The van der Waals surface area contributed by atoms with E-state index in [1.54, 1.807) is 0 Å². The number of thiol groups is 1. The predicted octanol–water partition coefficient (Wildman–Crippen LogP) is 1.73. The van der Waals surface area contributed by atoms with Crippen molar-refractivity contribution in [1.29, 1.82) is 0 Å². The smallest absolute Gasteiger partial charge is 0.0494 e. The van der Waals surface area contributed by atoms with Gasteiger partial charge in [0.25, 0.3) is 0 Å². The summed E-state index contributed by atoms with van der Waals surface area (Å²) in [6.45, 7) is 1.95. The van der Waals surface area contributed by atoms with Crippen molar-refractivity contribution >= 4 is 12.6 Å². The van der Waals surface area contributed by atoms with Gasteiger partial charge < -0.3 is 4.74 Å². The van der Waals surface area contributed by atoms with Crippen LogP contribution in [0.1, 0.15) is 19.3 Å². The van der Waals surface area contributed by atoms with Gasteiger partial charge >= 0.3 is 0 Å². The highest BCUT2D eigenvalue weighted by molar-refractivity contribution is 7.80. The molecule has 54 valence electrons. The topological polar surface area (TPSA) is 9.23 Å². The van der Waals surface area contributed by atoms with E-state index < -0.39 is 0 Å². The molecule has 0 aliphatic carbocycles. The molecule has 0 aromatic rings. The number of rotatable bonds is 2. The van der Waals surface area contributed by atoms with Crippen molar-refractivity contribution in [3.05, 3.63) is 0 Å². The first-order valence-corrected chi connectivity index (χ1v) is 4.25. The van der Waals surface area contributed by atoms with Gasteiger partial charge in [-0.05, 0) is 30.9 Å². The number of hydrogen-bond acceptors (Lipinski definition) is 2. The fraction of sp³-hybridized carbons (Fsp3) is 1.00. The van der Waals surface area contributed by atoms with Crippen LogP contribution in [0.15, 0.2) is 0 Å². The predicted molar refractivity (Wildman–Crippen MR) is 42.0 cm³/mol. The van der Waals surface area contributed by atoms with E-state index >= 15 is 0 Å². The molecule has 1 aliphatic rings. The minimum absolute atomic E-state index is 0.802. The molecule has 0 amide bonds. The lowest BCUT2D eigenvalue weighted by Gasteiger charge is -2.20. The van der Waals surface area contributed by atoms with Gasteiger partial charge in [-0.2, -0.15) is 12.6 Å². The Bertz CT molecular complexity index is 66.6. The fourth-order valence-corrected chi connectivity index (χ4v) is 1.58. The Morgan fingerprint density at radius 1 is 1.56 bits per heavy atom. The second-order valence-corrected chi connectivity index (χ2v) is 3.04. The van der Waals surface area contributed by atoms with Crippen molar-refractivity contribution in [2.45, 2.75) is 19.3 Å². The van der Waals surface area contributed by atoms with Gasteiger partial charge in [0.15, 0.2) is 0 Å². The Morgan fingerprint density at radius 3 is 3.00 bits per heavy atom. The van der Waals surface area contributed by atoms with Crippen LogP contribution in [0.5, 0.6) is 0 Å². The van der Waals surface area contributed by atoms with Crippen molar-refractivity contribution in [1.82, 2.24) is 0 Å². The van der Waals surface area contributed by atoms with Gasteiger partial charge in [0.05, 0.1) is 0 Å². The van der Waals surface area contributed by atoms with Crippen molar-refractivity contribution in [2.75, 3.05) is 19.0 Å². The molecule has 9 heavy (non-hydrogen) atoms. The molecule has 1 atom stereocenters. The van der Waals surface area contributed by atoms with Crippen LogP contribution in [-0.4, -0.2) is 19.0 Å². The van der Waals surface area contributed by atoms with Crippen LogP contribution in [0.25, 0.3) is 0 Å². The minimum atomic E-state index is 0.802. The maximum Gasteiger partial charge on any atom is 0.0494 e. The zero-order chi connectivity index (χ0) is 6.53. The summed E-state index contributed by atoms with van der Waals surface area (Å²) < 4.78 is 5.30. The molecule has 2 heteroatoms. The normalized spacial score (nSPS) is 28.3. The second kappa shape index (κ2) is 4.18. The summed E-state index contributed by atoms with van der Waals surface area (Å²) in [5.74, 6) is 1.81. The first-order chi connectivity index (χ1) is 4.43. The molecule has 0 saturated carbocycles. The molecule has 0 radical (unpaired) electrons. The molecule has 1 aliphatic heterocycles. The Hall–Kier alpha value is 0.310. The van der Waals surface area contributed by atoms with E-state index in [1.807, 2.05) is 0 Å². The average molecular weight is 146 g/mol. The monoisotopic (exact) mass is 146 g/mol. The standard InChI is InChI=1S/C7H14OS/c9-5-3-7-2-1-4-8-6-7/h7,9H,1-6H2. The molecule has 1 fully saturated rings. The summed E-state index contributed by atoms with van der Waals surface area (Å²) in [5, 5.41) is 0. The summed E-state index contributed by atoms with van der Waals surface area (Å²) in [6, 6.07) is 0. The molecule has 0 aromatic carbocycles. The molecular formula is C7H14OS. The minimum Gasteiger partial charge on any atom is -0.381 e. The summed E-state index contributed by atoms with van der Waals surface area (Å²) >= 11 is 4.18. The van der Waals surface area contributed by atoms with Crippen LogP contribution in [-0.2, 0) is 4.74 Å². The lowest BCUT2D eigenvalue weighted by Crippen LogP contribution is -2.17. The maximum absolute atomic E-state index is 5.30. The molecule has 0 spiro atoms. The Balaban J connectivity index is 2.08. The molecule has 0 bridgehead atoms. The van der Waals surface area contributed by atoms with Gasteiger partial charge in [0.2, 0.25) is 0 Å². The third kappa shape index (κ3) is 2.59. The molecule has 1 rings (SSSR count). The van der Waals surface area contributed by atoms with Crippen LogP contribution in [0.4, 0.5) is 0 Å². The zero-order valence-corrected chi connectivity index (χ0v) is 6.57. The Morgan fingerprint density at radius 2 is 2.44 bits per heavy atom. The highest BCUT2D eigenvalue weighted by atomic mass is 32.1. The lowest BCUT2D eigenvalue weighted by molar-refractivity contribution is 0.0540. The fourth-order valence-electron chi connectivity index (χ4n) is 1.22. The average Bonchev–Trinajstić information content (AvgIpc) is 1.91. The molecule has 1 nitrogen and oxygen atoms in total. The molecule has 1 heterocycles. The van der Waals surface area contributed by atoms with Crippen LogP contribution >= 0.6 is 12.6 Å². The second-order valence-electron chi connectivity index (χ2n) is 2.60. The number of ether oxygens (including phenoxy) is 1. The molecule has 1 saturated heterocycles. The highest BCUT2D eigenvalue weighted by Crippen LogP contribution is 2.16. The van der Waals surface area contributed by atoms with Crippen LogP contribution in [0, 0.1) is 5.92 Å². The van der Waals surface area contributed by atoms with Gasteiger partial charge in [-0.3, -0.25) is 0 Å². The van der Waals surface area contributed by atoms with Crippen LogP contribution in [0.3, 0.4) is 0 Å². The van der Waals surface area contributed by atoms with E-state index in [9.17, 15) is 0 Å². The highest BCUT2D eigenvalue weighted by Gasteiger charge is 2.11. The van der Waals surface area contributed by atoms with Gasteiger partial charge in [-0.25, -0.2) is 0 Å². The quantitative estimate of drug-likeness (QED) is 0.584. The molecule has 0 N–H and O–H groups in total. The summed E-state index contributed by atoms with van der Waals surface area (Å²) in [5.41, 5.74) is 0. The summed E-state index contributed by atoms with van der Waals surface area (Å²) in [4.78, 5) is 0. The van der Waals surface area contributed by atoms with Gasteiger partial charge in [-0.1, -0.05) is 0 Å². The first-order valence-electron chi connectivity index (χ1n) is 3.62. The number of hydrogen-bond donors (Lipinski definition) is 1. The van der Waals surface area contributed by atoms with Crippen molar-refractivity contribution in [2.24, 2.45) is 5.92 Å². The molecular weight excluding hydrogens is 132 g/mol. The van der Waals surface area contributed by atoms with Crippen molar-refractivity contribution < 1.29 is 4.74 Å².